The van der Waals surface area contributed by atoms with Gasteiger partial charge in [0.15, 0.2) is 0 Å². The highest BCUT2D eigenvalue weighted by Crippen LogP contribution is 2.28. The first-order valence-electron chi connectivity index (χ1n) is 9.00. The Morgan fingerprint density at radius 3 is 2.68 bits per heavy atom. The van der Waals surface area contributed by atoms with Crippen LogP contribution < -0.4 is 10.5 Å². The summed E-state index contributed by atoms with van der Waals surface area (Å²) in [5.41, 5.74) is 2.65. The molecule has 1 aromatic heterocycles. The first-order valence-corrected chi connectivity index (χ1v) is 9.00. The van der Waals surface area contributed by atoms with E-state index in [2.05, 4.69) is 20.0 Å². The second kappa shape index (κ2) is 7.37. The smallest absolute Gasteiger partial charge is 0.266 e. The van der Waals surface area contributed by atoms with Gasteiger partial charge in [-0.15, -0.1) is 0 Å². The maximum absolute atomic E-state index is 11.8. The third kappa shape index (κ3) is 3.75. The number of rotatable bonds is 4. The van der Waals surface area contributed by atoms with Crippen LogP contribution in [-0.2, 0) is 4.74 Å². The summed E-state index contributed by atoms with van der Waals surface area (Å²) >= 11 is 0. The molecule has 0 amide bonds. The van der Waals surface area contributed by atoms with Crippen molar-refractivity contribution in [3.8, 4) is 11.3 Å². The van der Waals surface area contributed by atoms with Crippen molar-refractivity contribution in [2.24, 2.45) is 5.92 Å². The number of hydrogen-bond donors (Lipinski definition) is 1. The van der Waals surface area contributed by atoms with E-state index >= 15 is 0 Å². The summed E-state index contributed by atoms with van der Waals surface area (Å²) in [6.45, 7) is 6.78. The maximum Gasteiger partial charge on any atom is 0.266 e. The van der Waals surface area contributed by atoms with Gasteiger partial charge in [-0.3, -0.25) is 9.69 Å². The van der Waals surface area contributed by atoms with Gasteiger partial charge in [-0.05, 0) is 12.3 Å². The van der Waals surface area contributed by atoms with Gasteiger partial charge in [-0.1, -0.05) is 30.3 Å². The first kappa shape index (κ1) is 16.3. The van der Waals surface area contributed by atoms with Crippen molar-refractivity contribution in [1.82, 2.24) is 15.1 Å². The molecule has 2 aromatic rings. The number of hydrogen-bond acceptors (Lipinski definition) is 5. The lowest BCUT2D eigenvalue weighted by molar-refractivity contribution is 0.164. The Balaban J connectivity index is 1.49. The second-order valence-electron chi connectivity index (χ2n) is 6.85. The van der Waals surface area contributed by atoms with Gasteiger partial charge in [0.25, 0.3) is 5.56 Å². The number of ether oxygens (including phenoxy) is 1. The average Bonchev–Trinajstić information content (AvgIpc) is 3.16. The number of aromatic amines is 1. The van der Waals surface area contributed by atoms with Crippen LogP contribution in [0, 0.1) is 5.92 Å². The summed E-state index contributed by atoms with van der Waals surface area (Å²) < 4.78 is 5.48. The number of nitrogens with zero attached hydrogens (tertiary/aromatic N) is 3. The fourth-order valence-electron chi connectivity index (χ4n) is 3.71. The summed E-state index contributed by atoms with van der Waals surface area (Å²) in [6.07, 6.45) is 1.18. The molecule has 0 bridgehead atoms. The quantitative estimate of drug-likeness (QED) is 0.916. The minimum Gasteiger partial charge on any atom is -0.381 e. The van der Waals surface area contributed by atoms with E-state index < -0.39 is 0 Å². The van der Waals surface area contributed by atoms with Crippen molar-refractivity contribution >= 4 is 5.69 Å². The molecule has 132 valence electrons. The van der Waals surface area contributed by atoms with Crippen LogP contribution in [0.25, 0.3) is 11.3 Å². The molecule has 3 heterocycles. The first-order chi connectivity index (χ1) is 12.3. The Labute approximate surface area is 147 Å². The van der Waals surface area contributed by atoms with Gasteiger partial charge in [-0.2, -0.15) is 5.10 Å². The van der Waals surface area contributed by atoms with Gasteiger partial charge in [0.2, 0.25) is 0 Å². The Bertz CT molecular complexity index is 748. The maximum atomic E-state index is 11.8. The predicted octanol–water partition coefficient (Wildman–Crippen LogP) is 1.60. The Morgan fingerprint density at radius 1 is 1.16 bits per heavy atom. The molecule has 25 heavy (non-hydrogen) atoms. The predicted molar refractivity (Wildman–Crippen MR) is 97.9 cm³/mol. The zero-order chi connectivity index (χ0) is 17.1. The molecule has 2 fully saturated rings. The van der Waals surface area contributed by atoms with Crippen LogP contribution in [0.2, 0.25) is 0 Å². The minimum atomic E-state index is -0.153. The van der Waals surface area contributed by atoms with Crippen molar-refractivity contribution in [2.75, 3.05) is 50.8 Å². The van der Waals surface area contributed by atoms with Gasteiger partial charge in [-0.25, -0.2) is 5.10 Å². The molecule has 0 aliphatic carbocycles. The molecule has 4 rings (SSSR count). The highest BCUT2D eigenvalue weighted by molar-refractivity contribution is 5.74. The highest BCUT2D eigenvalue weighted by Gasteiger charge is 2.24. The molecule has 2 aliphatic rings. The van der Waals surface area contributed by atoms with Gasteiger partial charge in [0, 0.05) is 51.0 Å². The molecule has 2 aliphatic heterocycles. The van der Waals surface area contributed by atoms with Crippen molar-refractivity contribution in [1.29, 1.82) is 0 Å². The summed E-state index contributed by atoms with van der Waals surface area (Å²) in [4.78, 5) is 16.6. The van der Waals surface area contributed by atoms with Crippen LogP contribution in [0.15, 0.2) is 41.2 Å². The number of anilines is 1. The van der Waals surface area contributed by atoms with E-state index in [0.29, 0.717) is 5.92 Å². The molecular formula is C19H24N4O2. The van der Waals surface area contributed by atoms with Gasteiger partial charge < -0.3 is 9.64 Å². The van der Waals surface area contributed by atoms with E-state index in [-0.39, 0.29) is 5.56 Å². The fourth-order valence-corrected chi connectivity index (χ4v) is 3.71. The topological polar surface area (TPSA) is 61.5 Å². The number of piperazine rings is 1. The fraction of sp³-hybridized carbons (Fsp3) is 0.474. The molecule has 6 nitrogen and oxygen atoms in total. The van der Waals surface area contributed by atoms with E-state index in [1.807, 2.05) is 30.3 Å². The van der Waals surface area contributed by atoms with E-state index in [1.165, 1.54) is 6.42 Å². The minimum absolute atomic E-state index is 0.153. The zero-order valence-corrected chi connectivity index (χ0v) is 14.4. The summed E-state index contributed by atoms with van der Waals surface area (Å²) in [6, 6.07) is 11.7. The number of aromatic nitrogens is 2. The van der Waals surface area contributed by atoms with Crippen LogP contribution in [0.5, 0.6) is 0 Å². The summed E-state index contributed by atoms with van der Waals surface area (Å²) in [7, 11) is 0. The molecule has 1 aromatic carbocycles. The lowest BCUT2D eigenvalue weighted by Gasteiger charge is -2.37. The third-order valence-corrected chi connectivity index (χ3v) is 5.09. The lowest BCUT2D eigenvalue weighted by Crippen LogP contribution is -2.48. The standard InChI is InChI=1S/C19H24N4O2/c24-18-12-17(19(21-20-18)16-4-2-1-3-5-16)23-9-7-22(8-10-23)13-15-6-11-25-14-15/h1-5,12,15H,6-11,13-14H2,(H,20,24)/t15-/m0/s1. The van der Waals surface area contributed by atoms with Crippen LogP contribution >= 0.6 is 0 Å². The van der Waals surface area contributed by atoms with Gasteiger partial charge in [0.05, 0.1) is 12.3 Å². The van der Waals surface area contributed by atoms with E-state index in [9.17, 15) is 4.79 Å². The summed E-state index contributed by atoms with van der Waals surface area (Å²) in [5, 5.41) is 6.89. The van der Waals surface area contributed by atoms with Crippen LogP contribution in [0.3, 0.4) is 0 Å². The van der Waals surface area contributed by atoms with Gasteiger partial charge >= 0.3 is 0 Å². The Hall–Kier alpha value is -2.18. The highest BCUT2D eigenvalue weighted by atomic mass is 16.5. The van der Waals surface area contributed by atoms with Crippen molar-refractivity contribution in [3.63, 3.8) is 0 Å². The Kier molecular flexibility index (Phi) is 4.81. The SMILES string of the molecule is O=c1cc(N2CCN(C[C@@H]3CCOC3)CC2)c(-c2ccccc2)n[nH]1. The lowest BCUT2D eigenvalue weighted by atomic mass is 10.1. The monoisotopic (exact) mass is 340 g/mol. The Morgan fingerprint density at radius 2 is 1.96 bits per heavy atom. The largest absolute Gasteiger partial charge is 0.381 e. The third-order valence-electron chi connectivity index (χ3n) is 5.09. The molecule has 0 radical (unpaired) electrons. The second-order valence-corrected chi connectivity index (χ2v) is 6.85. The molecule has 0 saturated carbocycles. The van der Waals surface area contributed by atoms with Gasteiger partial charge in [0.1, 0.15) is 5.69 Å². The summed E-state index contributed by atoms with van der Waals surface area (Å²) in [5.74, 6) is 0.674. The van der Waals surface area contributed by atoms with E-state index in [4.69, 9.17) is 4.74 Å². The van der Waals surface area contributed by atoms with Crippen molar-refractivity contribution < 1.29 is 4.74 Å². The normalized spacial score (nSPS) is 21.6. The van der Waals surface area contributed by atoms with Crippen LogP contribution in [0.4, 0.5) is 5.69 Å². The molecular weight excluding hydrogens is 316 g/mol. The zero-order valence-electron chi connectivity index (χ0n) is 14.4. The molecule has 2 saturated heterocycles. The number of H-pyrrole nitrogens is 1. The number of benzene rings is 1. The molecule has 0 spiro atoms. The van der Waals surface area contributed by atoms with Crippen LogP contribution in [0.1, 0.15) is 6.42 Å². The molecule has 1 N–H and O–H groups in total. The van der Waals surface area contributed by atoms with Crippen molar-refractivity contribution in [2.45, 2.75) is 6.42 Å². The number of nitrogens with one attached hydrogen (secondary N) is 1. The van der Waals surface area contributed by atoms with E-state index in [1.54, 1.807) is 6.07 Å². The van der Waals surface area contributed by atoms with Crippen molar-refractivity contribution in [3.05, 3.63) is 46.8 Å². The van der Waals surface area contributed by atoms with E-state index in [0.717, 1.165) is 62.9 Å². The van der Waals surface area contributed by atoms with Crippen LogP contribution in [-0.4, -0.2) is 61.0 Å². The average molecular weight is 340 g/mol. The molecule has 1 atom stereocenters. The molecule has 6 heteroatoms. The molecule has 0 unspecified atom stereocenters.